The molecule has 0 aromatic rings. The molecular formula is C13H24NO3P. The summed E-state index contributed by atoms with van der Waals surface area (Å²) in [6.07, 6.45) is 7.83. The topological polar surface area (TPSA) is 47.6 Å². The van der Waals surface area contributed by atoms with Gasteiger partial charge in [-0.15, -0.1) is 0 Å². The number of nitrogens with one attached hydrogen (secondary N) is 1. The Kier molecular flexibility index (Phi) is 6.87. The van der Waals surface area contributed by atoms with Gasteiger partial charge in [0.05, 0.1) is 13.2 Å². The minimum atomic E-state index is -3.13. The van der Waals surface area contributed by atoms with E-state index in [2.05, 4.69) is 18.3 Å². The highest BCUT2D eigenvalue weighted by molar-refractivity contribution is 7.54. The minimum absolute atomic E-state index is 0.327. The Labute approximate surface area is 110 Å². The molecule has 0 aromatic carbocycles. The maximum atomic E-state index is 12.8. The highest BCUT2D eigenvalue weighted by Gasteiger charge is 2.37. The fourth-order valence-corrected chi connectivity index (χ4v) is 3.98. The summed E-state index contributed by atoms with van der Waals surface area (Å²) < 4.78 is 23.7. The Morgan fingerprint density at radius 3 is 2.44 bits per heavy atom. The van der Waals surface area contributed by atoms with Gasteiger partial charge in [0, 0.05) is 0 Å². The van der Waals surface area contributed by atoms with Gasteiger partial charge >= 0.3 is 7.60 Å². The van der Waals surface area contributed by atoms with E-state index in [1.54, 1.807) is 0 Å². The van der Waals surface area contributed by atoms with Crippen molar-refractivity contribution in [2.75, 3.05) is 19.8 Å². The first kappa shape index (κ1) is 15.6. The minimum Gasteiger partial charge on any atom is -0.308 e. The van der Waals surface area contributed by atoms with E-state index in [-0.39, 0.29) is 5.78 Å². The lowest BCUT2D eigenvalue weighted by molar-refractivity contribution is 0.210. The van der Waals surface area contributed by atoms with Crippen molar-refractivity contribution < 1.29 is 13.6 Å². The monoisotopic (exact) mass is 273 g/mol. The summed E-state index contributed by atoms with van der Waals surface area (Å²) in [5, 5.41) is 3.30. The van der Waals surface area contributed by atoms with Gasteiger partial charge in [0.25, 0.3) is 0 Å². The molecule has 1 rings (SSSR count). The SMILES string of the molecule is CCCNC(C1=CC=CC1)P(=O)(OCC)OCC. The summed E-state index contributed by atoms with van der Waals surface area (Å²) in [6, 6.07) is 0. The van der Waals surface area contributed by atoms with Gasteiger partial charge < -0.3 is 14.4 Å². The van der Waals surface area contributed by atoms with E-state index in [9.17, 15) is 4.57 Å². The van der Waals surface area contributed by atoms with Crippen molar-refractivity contribution in [1.29, 1.82) is 0 Å². The van der Waals surface area contributed by atoms with Crippen LogP contribution in [0.2, 0.25) is 0 Å². The van der Waals surface area contributed by atoms with E-state index in [0.717, 1.165) is 25.0 Å². The van der Waals surface area contributed by atoms with Crippen molar-refractivity contribution in [2.24, 2.45) is 0 Å². The number of hydrogen-bond donors (Lipinski definition) is 1. The molecule has 1 aliphatic rings. The molecule has 4 nitrogen and oxygen atoms in total. The van der Waals surface area contributed by atoms with Crippen molar-refractivity contribution in [3.05, 3.63) is 23.8 Å². The summed E-state index contributed by atoms with van der Waals surface area (Å²) in [4.78, 5) is 0. The molecule has 0 amide bonds. The van der Waals surface area contributed by atoms with Crippen LogP contribution in [0.25, 0.3) is 0 Å². The maximum Gasteiger partial charge on any atom is 0.351 e. The van der Waals surface area contributed by atoms with Crippen molar-refractivity contribution in [1.82, 2.24) is 5.32 Å². The molecule has 0 aromatic heterocycles. The zero-order chi connectivity index (χ0) is 13.4. The lowest BCUT2D eigenvalue weighted by Gasteiger charge is -2.28. The third-order valence-electron chi connectivity index (χ3n) is 2.67. The van der Waals surface area contributed by atoms with Gasteiger partial charge in [-0.05, 0) is 38.8 Å². The number of hydrogen-bond acceptors (Lipinski definition) is 4. The van der Waals surface area contributed by atoms with Crippen LogP contribution in [-0.4, -0.2) is 25.5 Å². The predicted octanol–water partition coefficient (Wildman–Crippen LogP) is 3.46. The zero-order valence-electron chi connectivity index (χ0n) is 11.5. The summed E-state index contributed by atoms with van der Waals surface area (Å²) in [5.74, 6) is -0.327. The molecule has 0 aliphatic heterocycles. The van der Waals surface area contributed by atoms with Crippen molar-refractivity contribution >= 4 is 7.60 Å². The van der Waals surface area contributed by atoms with Crippen molar-refractivity contribution in [3.8, 4) is 0 Å². The molecule has 0 fully saturated rings. The molecule has 1 aliphatic carbocycles. The maximum absolute atomic E-state index is 12.8. The van der Waals surface area contributed by atoms with Crippen LogP contribution in [0, 0.1) is 0 Å². The normalized spacial score (nSPS) is 16.9. The van der Waals surface area contributed by atoms with Crippen LogP contribution in [0.4, 0.5) is 0 Å². The van der Waals surface area contributed by atoms with Crippen molar-refractivity contribution in [2.45, 2.75) is 39.4 Å². The van der Waals surface area contributed by atoms with Gasteiger partial charge in [-0.25, -0.2) is 0 Å². The Hall–Kier alpha value is -0.410. The van der Waals surface area contributed by atoms with Gasteiger partial charge in [-0.3, -0.25) is 4.57 Å². The van der Waals surface area contributed by atoms with E-state index in [0.29, 0.717) is 13.2 Å². The molecule has 0 saturated carbocycles. The standard InChI is InChI=1S/C13H24NO3P/c1-4-11-14-13(12-9-7-8-10-12)18(15,16-5-2)17-6-3/h7-9,13-14H,4-6,10-11H2,1-3H3. The van der Waals surface area contributed by atoms with Gasteiger partial charge in [0.1, 0.15) is 5.78 Å². The fraction of sp³-hybridized carbons (Fsp3) is 0.692. The van der Waals surface area contributed by atoms with E-state index in [1.165, 1.54) is 0 Å². The molecule has 0 spiro atoms. The average Bonchev–Trinajstić information content (AvgIpc) is 2.83. The summed E-state index contributed by atoms with van der Waals surface area (Å²) in [7, 11) is -3.13. The molecule has 0 heterocycles. The second-order valence-electron chi connectivity index (χ2n) is 4.11. The van der Waals surface area contributed by atoms with E-state index in [4.69, 9.17) is 9.05 Å². The number of allylic oxidation sites excluding steroid dienone is 3. The Balaban J connectivity index is 2.86. The molecule has 1 unspecified atom stereocenters. The highest BCUT2D eigenvalue weighted by atomic mass is 31.2. The molecule has 104 valence electrons. The van der Waals surface area contributed by atoms with Gasteiger partial charge in [0.15, 0.2) is 0 Å². The first-order valence-corrected chi connectivity index (χ1v) is 8.26. The Morgan fingerprint density at radius 1 is 1.33 bits per heavy atom. The quantitative estimate of drug-likeness (QED) is 0.653. The zero-order valence-corrected chi connectivity index (χ0v) is 12.4. The molecule has 5 heteroatoms. The third kappa shape index (κ3) is 4.06. The van der Waals surface area contributed by atoms with E-state index in [1.807, 2.05) is 26.0 Å². The van der Waals surface area contributed by atoms with E-state index >= 15 is 0 Å². The highest BCUT2D eigenvalue weighted by Crippen LogP contribution is 2.55. The van der Waals surface area contributed by atoms with Gasteiger partial charge in [0.2, 0.25) is 0 Å². The van der Waals surface area contributed by atoms with Crippen LogP contribution >= 0.6 is 7.60 Å². The molecule has 1 N–H and O–H groups in total. The summed E-state index contributed by atoms with van der Waals surface area (Å²) >= 11 is 0. The molecule has 0 bridgehead atoms. The molecule has 0 saturated heterocycles. The third-order valence-corrected chi connectivity index (χ3v) is 5.06. The van der Waals surface area contributed by atoms with Crippen LogP contribution < -0.4 is 5.32 Å². The van der Waals surface area contributed by atoms with Crippen molar-refractivity contribution in [3.63, 3.8) is 0 Å². The predicted molar refractivity (Wildman–Crippen MR) is 74.8 cm³/mol. The molecular weight excluding hydrogens is 249 g/mol. The lowest BCUT2D eigenvalue weighted by atomic mass is 10.2. The Morgan fingerprint density at radius 2 is 2.00 bits per heavy atom. The van der Waals surface area contributed by atoms with Crippen LogP contribution in [0.5, 0.6) is 0 Å². The lowest BCUT2D eigenvalue weighted by Crippen LogP contribution is -2.32. The first-order valence-electron chi connectivity index (χ1n) is 6.65. The largest absolute Gasteiger partial charge is 0.351 e. The van der Waals surface area contributed by atoms with Crippen LogP contribution in [0.3, 0.4) is 0 Å². The molecule has 18 heavy (non-hydrogen) atoms. The summed E-state index contributed by atoms with van der Waals surface area (Å²) in [5.41, 5.74) is 1.08. The average molecular weight is 273 g/mol. The first-order chi connectivity index (χ1) is 8.68. The van der Waals surface area contributed by atoms with Gasteiger partial charge in [-0.2, -0.15) is 0 Å². The fourth-order valence-electron chi connectivity index (χ4n) is 1.94. The summed E-state index contributed by atoms with van der Waals surface area (Å²) in [6.45, 7) is 7.34. The smallest absolute Gasteiger partial charge is 0.308 e. The Bertz CT molecular complexity index is 342. The van der Waals surface area contributed by atoms with Crippen LogP contribution in [0.1, 0.15) is 33.6 Å². The second kappa shape index (κ2) is 7.90. The van der Waals surface area contributed by atoms with E-state index < -0.39 is 7.60 Å². The number of rotatable bonds is 9. The second-order valence-corrected chi connectivity index (χ2v) is 6.22. The molecule has 1 atom stereocenters. The van der Waals surface area contributed by atoms with Crippen LogP contribution in [-0.2, 0) is 13.6 Å². The molecule has 0 radical (unpaired) electrons. The van der Waals surface area contributed by atoms with Gasteiger partial charge in [-0.1, -0.05) is 25.2 Å². The van der Waals surface area contributed by atoms with Crippen LogP contribution in [0.15, 0.2) is 23.8 Å².